The van der Waals surface area contributed by atoms with E-state index < -0.39 is 0 Å². The highest BCUT2D eigenvalue weighted by atomic mass is 32.2. The second-order valence-electron chi connectivity index (χ2n) is 5.87. The Morgan fingerprint density at radius 1 is 1.04 bits per heavy atom. The Morgan fingerprint density at radius 2 is 1.82 bits per heavy atom. The number of thioether (sulfide) groups is 1. The van der Waals surface area contributed by atoms with Crippen molar-refractivity contribution in [2.24, 2.45) is 4.99 Å². The van der Waals surface area contributed by atoms with Crippen LogP contribution in [0.5, 0.6) is 11.5 Å². The van der Waals surface area contributed by atoms with Crippen molar-refractivity contribution in [3.05, 3.63) is 59.0 Å². The Labute approximate surface area is 168 Å². The van der Waals surface area contributed by atoms with Crippen LogP contribution in [-0.2, 0) is 9.53 Å². The van der Waals surface area contributed by atoms with Gasteiger partial charge in [-0.1, -0.05) is 30.3 Å². The number of benzene rings is 2. The molecule has 1 heterocycles. The second-order valence-corrected chi connectivity index (χ2v) is 6.88. The quantitative estimate of drug-likeness (QED) is 0.661. The standard InChI is InChI=1S/C21H22N2O4S/c1-25-13-12-23-20(24)18(28-21(23)22-16-9-5-4-6-10-16)14-15-8-7-11-17(26-2)19(15)27-3/h4-11,14H,12-13H2,1-3H3/b18-14-,22-21?. The van der Waals surface area contributed by atoms with Crippen LogP contribution in [0.2, 0.25) is 0 Å². The van der Waals surface area contributed by atoms with Gasteiger partial charge in [0.05, 0.1) is 38.0 Å². The lowest BCUT2D eigenvalue weighted by Gasteiger charge is -2.14. The van der Waals surface area contributed by atoms with Gasteiger partial charge >= 0.3 is 0 Å². The summed E-state index contributed by atoms with van der Waals surface area (Å²) in [4.78, 5) is 19.8. The minimum atomic E-state index is -0.110. The van der Waals surface area contributed by atoms with Crippen molar-refractivity contribution in [3.8, 4) is 11.5 Å². The molecule has 1 aliphatic rings. The zero-order valence-corrected chi connectivity index (χ0v) is 16.9. The van der Waals surface area contributed by atoms with E-state index in [1.54, 1.807) is 26.2 Å². The van der Waals surface area contributed by atoms with Crippen molar-refractivity contribution in [2.45, 2.75) is 0 Å². The maximum atomic E-state index is 13.0. The summed E-state index contributed by atoms with van der Waals surface area (Å²) >= 11 is 1.34. The summed E-state index contributed by atoms with van der Waals surface area (Å²) in [6, 6.07) is 15.1. The number of hydrogen-bond donors (Lipinski definition) is 0. The Balaban J connectivity index is 1.98. The number of para-hydroxylation sites is 2. The van der Waals surface area contributed by atoms with Crippen LogP contribution in [0.1, 0.15) is 5.56 Å². The van der Waals surface area contributed by atoms with Gasteiger partial charge in [0.15, 0.2) is 16.7 Å². The summed E-state index contributed by atoms with van der Waals surface area (Å²) in [5.74, 6) is 1.09. The molecule has 3 rings (SSSR count). The minimum absolute atomic E-state index is 0.110. The first-order valence-corrected chi connectivity index (χ1v) is 9.54. The van der Waals surface area contributed by atoms with E-state index in [1.807, 2.05) is 54.6 Å². The van der Waals surface area contributed by atoms with Gasteiger partial charge in [0.2, 0.25) is 0 Å². The molecule has 0 unspecified atom stereocenters. The number of hydrogen-bond acceptors (Lipinski definition) is 6. The Kier molecular flexibility index (Phi) is 6.73. The smallest absolute Gasteiger partial charge is 0.266 e. The lowest BCUT2D eigenvalue weighted by molar-refractivity contribution is -0.122. The maximum absolute atomic E-state index is 13.0. The average molecular weight is 398 g/mol. The third-order valence-corrected chi connectivity index (χ3v) is 5.11. The monoisotopic (exact) mass is 398 g/mol. The first-order valence-electron chi connectivity index (χ1n) is 8.73. The molecular weight excluding hydrogens is 376 g/mol. The minimum Gasteiger partial charge on any atom is -0.493 e. The number of amidine groups is 1. The van der Waals surface area contributed by atoms with Gasteiger partial charge in [-0.15, -0.1) is 0 Å². The molecule has 0 spiro atoms. The molecule has 0 N–H and O–H groups in total. The van der Waals surface area contributed by atoms with Crippen LogP contribution >= 0.6 is 11.8 Å². The summed E-state index contributed by atoms with van der Waals surface area (Å²) < 4.78 is 16.0. The van der Waals surface area contributed by atoms with Crippen molar-refractivity contribution >= 4 is 34.6 Å². The molecule has 1 aliphatic heterocycles. The van der Waals surface area contributed by atoms with Crippen molar-refractivity contribution in [1.29, 1.82) is 0 Å². The molecule has 1 fully saturated rings. The van der Waals surface area contributed by atoms with Gasteiger partial charge in [-0.2, -0.15) is 0 Å². The van der Waals surface area contributed by atoms with E-state index in [1.165, 1.54) is 11.8 Å². The zero-order valence-electron chi connectivity index (χ0n) is 16.0. The molecule has 6 nitrogen and oxygen atoms in total. The molecule has 0 aromatic heterocycles. The second kappa shape index (κ2) is 9.43. The van der Waals surface area contributed by atoms with E-state index in [-0.39, 0.29) is 5.91 Å². The highest BCUT2D eigenvalue weighted by molar-refractivity contribution is 8.18. The van der Waals surface area contributed by atoms with Crippen LogP contribution in [0.25, 0.3) is 6.08 Å². The molecule has 2 aromatic rings. The molecule has 0 atom stereocenters. The summed E-state index contributed by atoms with van der Waals surface area (Å²) in [5, 5.41) is 0.626. The molecule has 2 aromatic carbocycles. The van der Waals surface area contributed by atoms with Gasteiger partial charge in [0, 0.05) is 12.7 Å². The average Bonchev–Trinajstić information content (AvgIpc) is 3.01. The SMILES string of the molecule is COCCN1C(=O)/C(=C/c2cccc(OC)c2OC)SC1=Nc1ccccc1. The number of amides is 1. The molecule has 0 bridgehead atoms. The first-order chi connectivity index (χ1) is 13.7. The van der Waals surface area contributed by atoms with E-state index >= 15 is 0 Å². The molecular formula is C21H22N2O4S. The van der Waals surface area contributed by atoms with E-state index in [4.69, 9.17) is 14.2 Å². The van der Waals surface area contributed by atoms with Crippen LogP contribution in [0, 0.1) is 0 Å². The number of carbonyl (C=O) groups excluding carboxylic acids is 1. The van der Waals surface area contributed by atoms with Crippen LogP contribution in [0.3, 0.4) is 0 Å². The number of nitrogens with zero attached hydrogens (tertiary/aromatic N) is 2. The topological polar surface area (TPSA) is 60.4 Å². The van der Waals surface area contributed by atoms with Gasteiger partial charge in [-0.3, -0.25) is 9.69 Å². The fourth-order valence-corrected chi connectivity index (χ4v) is 3.77. The fourth-order valence-electron chi connectivity index (χ4n) is 2.75. The lowest BCUT2D eigenvalue weighted by Crippen LogP contribution is -2.32. The summed E-state index contributed by atoms with van der Waals surface area (Å²) in [5.41, 5.74) is 1.56. The van der Waals surface area contributed by atoms with Crippen molar-refractivity contribution < 1.29 is 19.0 Å². The van der Waals surface area contributed by atoms with Crippen LogP contribution < -0.4 is 9.47 Å². The van der Waals surface area contributed by atoms with E-state index in [0.717, 1.165) is 11.3 Å². The number of rotatable bonds is 7. The van der Waals surface area contributed by atoms with Gasteiger partial charge < -0.3 is 14.2 Å². The van der Waals surface area contributed by atoms with Gasteiger partial charge in [0.1, 0.15) is 0 Å². The van der Waals surface area contributed by atoms with Gasteiger partial charge in [-0.25, -0.2) is 4.99 Å². The molecule has 28 heavy (non-hydrogen) atoms. The zero-order chi connectivity index (χ0) is 19.9. The molecule has 7 heteroatoms. The van der Waals surface area contributed by atoms with Crippen LogP contribution in [0.15, 0.2) is 58.4 Å². The Hall–Kier alpha value is -2.77. The third-order valence-electron chi connectivity index (χ3n) is 4.11. The van der Waals surface area contributed by atoms with Gasteiger partial charge in [0.25, 0.3) is 5.91 Å². The molecule has 1 saturated heterocycles. The number of carbonyl (C=O) groups is 1. The normalized spacial score (nSPS) is 16.8. The predicted molar refractivity (Wildman–Crippen MR) is 112 cm³/mol. The number of ether oxygens (including phenoxy) is 3. The largest absolute Gasteiger partial charge is 0.493 e. The molecule has 0 radical (unpaired) electrons. The highest BCUT2D eigenvalue weighted by Crippen LogP contribution is 2.37. The third kappa shape index (κ3) is 4.37. The lowest BCUT2D eigenvalue weighted by atomic mass is 10.1. The van der Waals surface area contributed by atoms with E-state index in [2.05, 4.69) is 4.99 Å². The van der Waals surface area contributed by atoms with Crippen molar-refractivity contribution in [2.75, 3.05) is 34.5 Å². The predicted octanol–water partition coefficient (Wildman–Crippen LogP) is 3.95. The van der Waals surface area contributed by atoms with Crippen LogP contribution in [0.4, 0.5) is 5.69 Å². The summed E-state index contributed by atoms with van der Waals surface area (Å²) in [6.07, 6.45) is 1.81. The number of aliphatic imine (C=N–C) groups is 1. The Bertz CT molecular complexity index is 897. The van der Waals surface area contributed by atoms with E-state index in [0.29, 0.717) is 34.7 Å². The maximum Gasteiger partial charge on any atom is 0.266 e. The number of methoxy groups -OCH3 is 3. The fraction of sp³-hybridized carbons (Fsp3) is 0.238. The highest BCUT2D eigenvalue weighted by Gasteiger charge is 2.33. The molecule has 146 valence electrons. The summed E-state index contributed by atoms with van der Waals surface area (Å²) in [6.45, 7) is 0.858. The van der Waals surface area contributed by atoms with Gasteiger partial charge in [-0.05, 0) is 36.0 Å². The molecule has 0 aliphatic carbocycles. The molecule has 1 amide bonds. The Morgan fingerprint density at radius 3 is 2.50 bits per heavy atom. The first kappa shape index (κ1) is 20.0. The van der Waals surface area contributed by atoms with E-state index in [9.17, 15) is 4.79 Å². The van der Waals surface area contributed by atoms with Crippen LogP contribution in [-0.4, -0.2) is 50.5 Å². The van der Waals surface area contributed by atoms with Crippen molar-refractivity contribution in [3.63, 3.8) is 0 Å². The molecule has 0 saturated carbocycles. The van der Waals surface area contributed by atoms with Crippen molar-refractivity contribution in [1.82, 2.24) is 4.90 Å². The summed E-state index contributed by atoms with van der Waals surface area (Å²) in [7, 11) is 4.78.